The molecular weight excluding hydrogens is 262 g/mol. The lowest BCUT2D eigenvalue weighted by Crippen LogP contribution is -2.13. The van der Waals surface area contributed by atoms with E-state index in [2.05, 4.69) is 0 Å². The predicted octanol–water partition coefficient (Wildman–Crippen LogP) is 3.39. The fourth-order valence-corrected chi connectivity index (χ4v) is 1.80. The van der Waals surface area contributed by atoms with Crippen molar-refractivity contribution in [2.75, 3.05) is 0 Å². The summed E-state index contributed by atoms with van der Waals surface area (Å²) < 4.78 is 33.0. The molecular formula is C15H14F2N2O. The van der Waals surface area contributed by atoms with E-state index in [1.165, 1.54) is 0 Å². The molecule has 0 fully saturated rings. The van der Waals surface area contributed by atoms with Crippen molar-refractivity contribution in [3.8, 4) is 5.75 Å². The molecule has 104 valence electrons. The number of amidine groups is 1. The van der Waals surface area contributed by atoms with E-state index in [0.29, 0.717) is 0 Å². The van der Waals surface area contributed by atoms with Crippen molar-refractivity contribution in [3.63, 3.8) is 0 Å². The second-order valence-corrected chi connectivity index (χ2v) is 4.35. The monoisotopic (exact) mass is 276 g/mol. The zero-order valence-corrected chi connectivity index (χ0v) is 10.9. The van der Waals surface area contributed by atoms with Crippen LogP contribution in [0.3, 0.4) is 0 Å². The molecule has 0 aliphatic heterocycles. The summed E-state index contributed by atoms with van der Waals surface area (Å²) in [5.41, 5.74) is 6.00. The van der Waals surface area contributed by atoms with Crippen LogP contribution in [0.15, 0.2) is 42.5 Å². The topological polar surface area (TPSA) is 59.1 Å². The predicted molar refractivity (Wildman–Crippen MR) is 72.9 cm³/mol. The van der Waals surface area contributed by atoms with E-state index >= 15 is 0 Å². The minimum absolute atomic E-state index is 0.0142. The third kappa shape index (κ3) is 2.93. The Morgan fingerprint density at radius 1 is 1.15 bits per heavy atom. The first kappa shape index (κ1) is 14.0. The van der Waals surface area contributed by atoms with Crippen molar-refractivity contribution in [1.29, 1.82) is 5.41 Å². The maximum absolute atomic E-state index is 13.8. The highest BCUT2D eigenvalue weighted by Gasteiger charge is 2.17. The molecule has 0 bridgehead atoms. The number of nitrogens with one attached hydrogen (secondary N) is 1. The first-order chi connectivity index (χ1) is 9.49. The third-order valence-electron chi connectivity index (χ3n) is 2.87. The normalized spacial score (nSPS) is 11.9. The molecule has 0 heterocycles. The molecule has 0 spiro atoms. The first-order valence-electron chi connectivity index (χ1n) is 6.04. The molecule has 0 radical (unpaired) electrons. The lowest BCUT2D eigenvalue weighted by Gasteiger charge is -2.16. The average Bonchev–Trinajstić information content (AvgIpc) is 2.43. The molecule has 0 saturated carbocycles. The molecule has 0 aliphatic rings. The minimum Gasteiger partial charge on any atom is -0.480 e. The molecule has 20 heavy (non-hydrogen) atoms. The quantitative estimate of drug-likeness (QED) is 0.664. The Hall–Kier alpha value is -2.43. The molecule has 0 saturated heterocycles. The molecule has 0 amide bonds. The third-order valence-corrected chi connectivity index (χ3v) is 2.87. The van der Waals surface area contributed by atoms with Crippen LogP contribution in [0.2, 0.25) is 0 Å². The van der Waals surface area contributed by atoms with E-state index in [4.69, 9.17) is 15.9 Å². The van der Waals surface area contributed by atoms with Gasteiger partial charge in [-0.25, -0.2) is 8.78 Å². The summed E-state index contributed by atoms with van der Waals surface area (Å²) in [5, 5.41) is 7.18. The SMILES string of the molecule is CC(Oc1c(F)cc(C(=N)N)cc1F)c1ccccc1. The summed E-state index contributed by atoms with van der Waals surface area (Å²) in [6.45, 7) is 1.70. The maximum Gasteiger partial charge on any atom is 0.191 e. The second-order valence-electron chi connectivity index (χ2n) is 4.35. The van der Waals surface area contributed by atoms with E-state index in [-0.39, 0.29) is 5.56 Å². The van der Waals surface area contributed by atoms with Crippen LogP contribution in [0, 0.1) is 17.0 Å². The van der Waals surface area contributed by atoms with Crippen LogP contribution in [0.5, 0.6) is 5.75 Å². The Bertz CT molecular complexity index is 606. The van der Waals surface area contributed by atoms with Crippen molar-refractivity contribution >= 4 is 5.84 Å². The minimum atomic E-state index is -0.877. The lowest BCUT2D eigenvalue weighted by atomic mass is 10.1. The summed E-state index contributed by atoms with van der Waals surface area (Å²) in [6.07, 6.45) is -0.497. The van der Waals surface area contributed by atoms with Crippen LogP contribution < -0.4 is 10.5 Å². The van der Waals surface area contributed by atoms with Crippen molar-refractivity contribution in [2.24, 2.45) is 5.73 Å². The Labute approximate surface area is 115 Å². The summed E-state index contributed by atoms with van der Waals surface area (Å²) in [6, 6.07) is 11.1. The number of hydrogen-bond acceptors (Lipinski definition) is 2. The summed E-state index contributed by atoms with van der Waals surface area (Å²) >= 11 is 0. The molecule has 1 atom stereocenters. The fraction of sp³-hybridized carbons (Fsp3) is 0.133. The van der Waals surface area contributed by atoms with E-state index < -0.39 is 29.3 Å². The lowest BCUT2D eigenvalue weighted by molar-refractivity contribution is 0.205. The van der Waals surface area contributed by atoms with E-state index in [1.54, 1.807) is 6.92 Å². The van der Waals surface area contributed by atoms with Crippen molar-refractivity contribution in [1.82, 2.24) is 0 Å². The van der Waals surface area contributed by atoms with Gasteiger partial charge in [0.2, 0.25) is 0 Å². The molecule has 3 nitrogen and oxygen atoms in total. The molecule has 1 unspecified atom stereocenters. The van der Waals surface area contributed by atoms with Gasteiger partial charge in [-0.3, -0.25) is 5.41 Å². The highest BCUT2D eigenvalue weighted by Crippen LogP contribution is 2.28. The molecule has 0 aromatic heterocycles. The van der Waals surface area contributed by atoms with Crippen LogP contribution in [-0.4, -0.2) is 5.84 Å². The number of rotatable bonds is 4. The zero-order valence-electron chi connectivity index (χ0n) is 10.9. The van der Waals surface area contributed by atoms with Crippen LogP contribution in [0.25, 0.3) is 0 Å². The van der Waals surface area contributed by atoms with Gasteiger partial charge >= 0.3 is 0 Å². The number of nitrogen functional groups attached to an aromatic ring is 1. The van der Waals surface area contributed by atoms with Crippen molar-refractivity contribution < 1.29 is 13.5 Å². The molecule has 3 N–H and O–H groups in total. The summed E-state index contributed by atoms with van der Waals surface area (Å²) in [5.74, 6) is -2.62. The van der Waals surface area contributed by atoms with Gasteiger partial charge in [0.25, 0.3) is 0 Å². The Morgan fingerprint density at radius 2 is 1.70 bits per heavy atom. The van der Waals surface area contributed by atoms with E-state index in [9.17, 15) is 8.78 Å². The van der Waals surface area contributed by atoms with E-state index in [1.807, 2.05) is 30.3 Å². The highest BCUT2D eigenvalue weighted by molar-refractivity contribution is 5.95. The standard InChI is InChI=1S/C15H14F2N2O/c1-9(10-5-3-2-4-6-10)20-14-12(16)7-11(15(18)19)8-13(14)17/h2-9H,1H3,(H3,18,19). The number of halogens is 2. The van der Waals surface area contributed by atoms with Gasteiger partial charge in [-0.05, 0) is 24.6 Å². The van der Waals surface area contributed by atoms with Gasteiger partial charge in [-0.2, -0.15) is 0 Å². The maximum atomic E-state index is 13.8. The van der Waals surface area contributed by atoms with Gasteiger partial charge in [0.05, 0.1) is 0 Å². The van der Waals surface area contributed by atoms with Gasteiger partial charge < -0.3 is 10.5 Å². The molecule has 2 rings (SSSR count). The Balaban J connectivity index is 2.28. The van der Waals surface area contributed by atoms with Gasteiger partial charge in [0.1, 0.15) is 11.9 Å². The van der Waals surface area contributed by atoms with E-state index in [0.717, 1.165) is 17.7 Å². The summed E-state index contributed by atoms with van der Waals surface area (Å²) in [7, 11) is 0. The van der Waals surface area contributed by atoms with Gasteiger partial charge in [-0.15, -0.1) is 0 Å². The second kappa shape index (κ2) is 5.69. The highest BCUT2D eigenvalue weighted by atomic mass is 19.1. The zero-order chi connectivity index (χ0) is 14.7. The smallest absolute Gasteiger partial charge is 0.191 e. The Kier molecular flexibility index (Phi) is 3.98. The summed E-state index contributed by atoms with van der Waals surface area (Å²) in [4.78, 5) is 0. The fourth-order valence-electron chi connectivity index (χ4n) is 1.80. The number of benzene rings is 2. The largest absolute Gasteiger partial charge is 0.480 e. The molecule has 2 aromatic rings. The molecule has 2 aromatic carbocycles. The molecule has 0 aliphatic carbocycles. The van der Waals surface area contributed by atoms with Crippen LogP contribution in [0.4, 0.5) is 8.78 Å². The number of hydrogen-bond donors (Lipinski definition) is 2. The van der Waals surface area contributed by atoms with Gasteiger partial charge in [0.15, 0.2) is 17.4 Å². The average molecular weight is 276 g/mol. The number of nitrogens with two attached hydrogens (primary N) is 1. The van der Waals surface area contributed by atoms with Crippen LogP contribution in [0.1, 0.15) is 24.2 Å². The Morgan fingerprint density at radius 3 is 2.20 bits per heavy atom. The van der Waals surface area contributed by atoms with Gasteiger partial charge in [-0.1, -0.05) is 30.3 Å². The molecule has 5 heteroatoms. The number of ether oxygens (including phenoxy) is 1. The first-order valence-corrected chi connectivity index (χ1v) is 6.04. The van der Waals surface area contributed by atoms with Crippen molar-refractivity contribution in [3.05, 3.63) is 65.2 Å². The van der Waals surface area contributed by atoms with Gasteiger partial charge in [0, 0.05) is 5.56 Å². The van der Waals surface area contributed by atoms with Crippen LogP contribution >= 0.6 is 0 Å². The van der Waals surface area contributed by atoms with Crippen LogP contribution in [-0.2, 0) is 0 Å². The van der Waals surface area contributed by atoms with Crippen molar-refractivity contribution in [2.45, 2.75) is 13.0 Å².